The molecule has 0 bridgehead atoms. The zero-order valence-corrected chi connectivity index (χ0v) is 12.4. The average Bonchev–Trinajstić information content (AvgIpc) is 2.95. The normalized spacial score (nSPS) is 17.4. The second kappa shape index (κ2) is 5.77. The minimum Gasteiger partial charge on any atom is -0.465 e. The van der Waals surface area contributed by atoms with Gasteiger partial charge in [-0.25, -0.2) is 9.48 Å². The monoisotopic (exact) mass is 356 g/mol. The van der Waals surface area contributed by atoms with Crippen LogP contribution in [-0.4, -0.2) is 38.1 Å². The lowest BCUT2D eigenvalue weighted by atomic mass is 10.0. The zero-order chi connectivity index (χ0) is 18.4. The van der Waals surface area contributed by atoms with E-state index in [1.807, 2.05) is 5.32 Å². The Bertz CT molecular complexity index is 849. The first-order chi connectivity index (χ1) is 11.7. The Morgan fingerprint density at radius 3 is 2.72 bits per heavy atom. The summed E-state index contributed by atoms with van der Waals surface area (Å²) in [5.74, 6) is -1.09. The summed E-state index contributed by atoms with van der Waals surface area (Å²) in [4.78, 5) is 22.6. The first-order valence-electron chi connectivity index (χ1n) is 6.95. The summed E-state index contributed by atoms with van der Waals surface area (Å²) in [5, 5.41) is 24.6. The molecule has 0 aliphatic carbocycles. The van der Waals surface area contributed by atoms with Crippen LogP contribution in [0.2, 0.25) is 0 Å². The number of amides is 2. The van der Waals surface area contributed by atoms with Crippen molar-refractivity contribution in [2.24, 2.45) is 0 Å². The highest BCUT2D eigenvalue weighted by Gasteiger charge is 2.36. The van der Waals surface area contributed by atoms with E-state index in [0.717, 1.165) is 16.8 Å². The number of hydrogen-bond acceptors (Lipinski definition) is 4. The van der Waals surface area contributed by atoms with Gasteiger partial charge in [0.05, 0.1) is 11.3 Å². The van der Waals surface area contributed by atoms with Crippen molar-refractivity contribution in [2.45, 2.75) is 18.6 Å². The van der Waals surface area contributed by atoms with Crippen LogP contribution in [-0.2, 0) is 17.4 Å². The van der Waals surface area contributed by atoms with Crippen LogP contribution in [0.1, 0.15) is 11.1 Å². The van der Waals surface area contributed by atoms with Gasteiger partial charge in [-0.1, -0.05) is 6.07 Å². The van der Waals surface area contributed by atoms with Gasteiger partial charge in [0.25, 0.3) is 5.91 Å². The van der Waals surface area contributed by atoms with Gasteiger partial charge >= 0.3 is 12.3 Å². The van der Waals surface area contributed by atoms with Crippen LogP contribution in [0.4, 0.5) is 23.8 Å². The topological polar surface area (TPSA) is 108 Å². The molecule has 2 heterocycles. The molecule has 25 heavy (non-hydrogen) atoms. The minimum atomic E-state index is -4.53. The van der Waals surface area contributed by atoms with Crippen LogP contribution in [0.3, 0.4) is 0 Å². The number of benzene rings is 1. The van der Waals surface area contributed by atoms with E-state index in [-0.39, 0.29) is 23.0 Å². The summed E-state index contributed by atoms with van der Waals surface area (Å²) < 4.78 is 39.5. The fourth-order valence-corrected chi connectivity index (χ4v) is 2.50. The van der Waals surface area contributed by atoms with E-state index in [1.54, 1.807) is 0 Å². The highest BCUT2D eigenvalue weighted by atomic mass is 19.4. The molecular weight excluding hydrogens is 345 g/mol. The molecule has 0 saturated heterocycles. The van der Waals surface area contributed by atoms with Gasteiger partial charge in [-0.3, -0.25) is 10.0 Å². The maximum absolute atomic E-state index is 12.8. The molecule has 3 N–H and O–H groups in total. The fraction of sp³-hybridized carbons (Fsp3) is 0.214. The number of alkyl halides is 3. The molecule has 1 atom stereocenters. The number of fused-ring (bicyclic) bond motifs is 1. The van der Waals surface area contributed by atoms with Crippen molar-refractivity contribution in [1.29, 1.82) is 0 Å². The number of carbonyl (C=O) groups excluding carboxylic acids is 1. The van der Waals surface area contributed by atoms with Crippen LogP contribution in [0.5, 0.6) is 0 Å². The first-order valence-corrected chi connectivity index (χ1v) is 6.95. The van der Waals surface area contributed by atoms with Crippen LogP contribution < -0.4 is 10.4 Å². The van der Waals surface area contributed by atoms with E-state index >= 15 is 0 Å². The lowest BCUT2D eigenvalue weighted by Crippen LogP contribution is -2.51. The number of hydroxylamine groups is 1. The summed E-state index contributed by atoms with van der Waals surface area (Å²) in [6, 6.07) is 3.14. The highest BCUT2D eigenvalue weighted by Crippen LogP contribution is 2.31. The van der Waals surface area contributed by atoms with E-state index < -0.39 is 29.8 Å². The van der Waals surface area contributed by atoms with Crippen molar-refractivity contribution in [1.82, 2.24) is 15.1 Å². The lowest BCUT2D eigenvalue weighted by Gasteiger charge is -2.25. The van der Waals surface area contributed by atoms with Gasteiger partial charge < -0.3 is 10.4 Å². The van der Waals surface area contributed by atoms with Crippen LogP contribution in [0, 0.1) is 0 Å². The van der Waals surface area contributed by atoms with Gasteiger partial charge in [-0.2, -0.15) is 18.2 Å². The Kier molecular flexibility index (Phi) is 3.87. The molecule has 2 aromatic rings. The van der Waals surface area contributed by atoms with Crippen molar-refractivity contribution < 1.29 is 33.1 Å². The van der Waals surface area contributed by atoms with Crippen molar-refractivity contribution >= 4 is 17.8 Å². The quantitative estimate of drug-likeness (QED) is 0.712. The molecule has 3 rings (SSSR count). The second-order valence-electron chi connectivity index (χ2n) is 5.33. The molecule has 1 aliphatic heterocycles. The van der Waals surface area contributed by atoms with Crippen molar-refractivity contribution in [3.05, 3.63) is 41.6 Å². The van der Waals surface area contributed by atoms with Crippen LogP contribution >= 0.6 is 0 Å². The summed E-state index contributed by atoms with van der Waals surface area (Å²) >= 11 is 0. The second-order valence-corrected chi connectivity index (χ2v) is 5.33. The van der Waals surface area contributed by atoms with E-state index in [2.05, 4.69) is 5.10 Å². The predicted molar refractivity (Wildman–Crippen MR) is 76.5 cm³/mol. The van der Waals surface area contributed by atoms with Gasteiger partial charge in [0.2, 0.25) is 0 Å². The predicted octanol–water partition coefficient (Wildman–Crippen LogP) is 1.81. The Labute approximate surface area is 138 Å². The highest BCUT2D eigenvalue weighted by molar-refractivity contribution is 5.98. The third kappa shape index (κ3) is 3.13. The van der Waals surface area contributed by atoms with Crippen LogP contribution in [0.25, 0.3) is 5.69 Å². The number of aromatic nitrogens is 2. The van der Waals surface area contributed by atoms with Gasteiger partial charge in [-0.05, 0) is 18.2 Å². The maximum atomic E-state index is 12.8. The molecule has 1 aromatic carbocycles. The van der Waals surface area contributed by atoms with E-state index in [4.69, 9.17) is 5.11 Å². The molecular formula is C14H11F3N4O4. The molecule has 132 valence electrons. The van der Waals surface area contributed by atoms with Gasteiger partial charge in [0, 0.05) is 18.2 Å². The zero-order valence-electron chi connectivity index (χ0n) is 12.4. The summed E-state index contributed by atoms with van der Waals surface area (Å²) in [7, 11) is 0. The summed E-state index contributed by atoms with van der Waals surface area (Å²) in [6.07, 6.45) is -4.73. The fourth-order valence-electron chi connectivity index (χ4n) is 2.50. The SMILES string of the molecule is O=C(O)N[C@H]1Cc2cn(-c3cccc(C(F)(F)F)c3)nc2N(O)C1=O. The summed E-state index contributed by atoms with van der Waals surface area (Å²) in [5.41, 5.74) is -0.494. The number of halogens is 3. The largest absolute Gasteiger partial charge is 0.465 e. The number of anilines is 1. The number of hydrogen-bond donors (Lipinski definition) is 3. The smallest absolute Gasteiger partial charge is 0.416 e. The third-order valence-electron chi connectivity index (χ3n) is 3.64. The van der Waals surface area contributed by atoms with E-state index in [0.29, 0.717) is 5.56 Å². The lowest BCUT2D eigenvalue weighted by molar-refractivity contribution is -0.137. The van der Waals surface area contributed by atoms with E-state index in [1.165, 1.54) is 18.3 Å². The number of carboxylic acid groups (broad SMARTS) is 1. The molecule has 1 aromatic heterocycles. The Hall–Kier alpha value is -3.08. The molecule has 0 fully saturated rings. The number of carbonyl (C=O) groups is 2. The standard InChI is InChI=1S/C14H11F3N4O4/c15-14(16,17)8-2-1-3-9(5-8)20-6-7-4-10(18-13(23)24)12(22)21(25)11(7)19-20/h1-3,5-6,10,18,25H,4H2,(H,23,24)/t10-/m0/s1. The number of rotatable bonds is 2. The van der Waals surface area contributed by atoms with Crippen molar-refractivity contribution in [3.8, 4) is 5.69 Å². The molecule has 0 radical (unpaired) electrons. The molecule has 1 aliphatic rings. The minimum absolute atomic E-state index is 0.0767. The molecule has 8 nitrogen and oxygen atoms in total. The Balaban J connectivity index is 1.97. The van der Waals surface area contributed by atoms with Crippen LogP contribution in [0.15, 0.2) is 30.5 Å². The van der Waals surface area contributed by atoms with Crippen molar-refractivity contribution in [2.75, 3.05) is 5.06 Å². The molecule has 0 saturated carbocycles. The molecule has 0 spiro atoms. The Morgan fingerprint density at radius 1 is 1.36 bits per heavy atom. The van der Waals surface area contributed by atoms with Gasteiger partial charge in [-0.15, -0.1) is 5.10 Å². The number of nitrogens with zero attached hydrogens (tertiary/aromatic N) is 3. The third-order valence-corrected chi connectivity index (χ3v) is 3.64. The maximum Gasteiger partial charge on any atom is 0.416 e. The van der Waals surface area contributed by atoms with Gasteiger partial charge in [0.1, 0.15) is 6.04 Å². The van der Waals surface area contributed by atoms with E-state index in [9.17, 15) is 28.0 Å². The van der Waals surface area contributed by atoms with Gasteiger partial charge in [0.15, 0.2) is 5.82 Å². The molecule has 2 amide bonds. The average molecular weight is 356 g/mol. The first kappa shape index (κ1) is 16.8. The summed E-state index contributed by atoms with van der Waals surface area (Å²) in [6.45, 7) is 0. The van der Waals surface area contributed by atoms with Crippen molar-refractivity contribution in [3.63, 3.8) is 0 Å². The molecule has 11 heteroatoms. The molecule has 0 unspecified atom stereocenters. The Morgan fingerprint density at radius 2 is 2.08 bits per heavy atom. The number of nitrogens with one attached hydrogen (secondary N) is 1.